The number of hydrogen-bond donors (Lipinski definition) is 2. The second kappa shape index (κ2) is 7.13. The van der Waals surface area contributed by atoms with Crippen LogP contribution >= 0.6 is 0 Å². The molecular weight excluding hydrogens is 296 g/mol. The van der Waals surface area contributed by atoms with Crippen molar-refractivity contribution in [2.75, 3.05) is 13.7 Å². The molecule has 1 fully saturated rings. The summed E-state index contributed by atoms with van der Waals surface area (Å²) < 4.78 is 31.2. The summed E-state index contributed by atoms with van der Waals surface area (Å²) in [4.78, 5) is 13.4. The maximum Gasteiger partial charge on any atom is 0.224 e. The Kier molecular flexibility index (Phi) is 5.44. The molecule has 0 spiro atoms. The summed E-state index contributed by atoms with van der Waals surface area (Å²) in [5.74, 6) is -2.16. The van der Waals surface area contributed by atoms with Crippen LogP contribution in [0.5, 0.6) is 0 Å². The number of carbonyl (C=O) groups excluding carboxylic acids is 1. The summed E-state index contributed by atoms with van der Waals surface area (Å²) in [5, 5.41) is 19.2. The highest BCUT2D eigenvalue weighted by molar-refractivity contribution is 5.76. The number of halogens is 2. The lowest BCUT2D eigenvalue weighted by Gasteiger charge is -2.36. The van der Waals surface area contributed by atoms with Crippen LogP contribution in [0.1, 0.15) is 18.4 Å². The molecular formula is C15H19F2NO4. The average molecular weight is 315 g/mol. The molecule has 1 unspecified atom stereocenters. The molecule has 5 nitrogen and oxygen atoms in total. The van der Waals surface area contributed by atoms with Crippen LogP contribution in [0.25, 0.3) is 0 Å². The van der Waals surface area contributed by atoms with Crippen LogP contribution in [0.3, 0.4) is 0 Å². The smallest absolute Gasteiger partial charge is 0.224 e. The highest BCUT2D eigenvalue weighted by Crippen LogP contribution is 2.18. The van der Waals surface area contributed by atoms with Crippen LogP contribution < -0.4 is 0 Å². The minimum atomic E-state index is -0.957. The Labute approximate surface area is 127 Å². The standard InChI is InChI=1S/C15H19F2NO4/c1-18(15-13(20)7-10(19)8-22-15)14(21)5-3-9-2-4-11(16)12(17)6-9/h2,4,6,10,13,15,19-20H,3,5,7-8H2,1H3/t10-,13?,15-/m1/s1. The molecule has 1 saturated heterocycles. The van der Waals surface area contributed by atoms with Crippen LogP contribution in [0.4, 0.5) is 8.78 Å². The third-order valence-electron chi connectivity index (χ3n) is 3.69. The molecule has 3 atom stereocenters. The molecule has 7 heteroatoms. The SMILES string of the molecule is CN(C(=O)CCc1ccc(F)c(F)c1)[C@@H]1OC[C@H](O)CC1O. The van der Waals surface area contributed by atoms with Gasteiger partial charge in [-0.15, -0.1) is 0 Å². The van der Waals surface area contributed by atoms with Crippen LogP contribution in [0.15, 0.2) is 18.2 Å². The summed E-state index contributed by atoms with van der Waals surface area (Å²) in [6, 6.07) is 3.51. The molecule has 1 aromatic rings. The van der Waals surface area contributed by atoms with E-state index in [0.29, 0.717) is 5.56 Å². The number of nitrogens with zero attached hydrogens (tertiary/aromatic N) is 1. The van der Waals surface area contributed by atoms with Gasteiger partial charge in [0.2, 0.25) is 5.91 Å². The normalized spacial score (nSPS) is 25.0. The molecule has 0 aliphatic carbocycles. The van der Waals surface area contributed by atoms with Crippen molar-refractivity contribution in [2.45, 2.75) is 37.7 Å². The first-order valence-electron chi connectivity index (χ1n) is 7.06. The zero-order valence-electron chi connectivity index (χ0n) is 12.2. The average Bonchev–Trinajstić information content (AvgIpc) is 2.47. The Hall–Kier alpha value is -1.57. The van der Waals surface area contributed by atoms with Gasteiger partial charge >= 0.3 is 0 Å². The van der Waals surface area contributed by atoms with Crippen molar-refractivity contribution in [1.29, 1.82) is 0 Å². The molecule has 0 radical (unpaired) electrons. The van der Waals surface area contributed by atoms with E-state index in [9.17, 15) is 23.8 Å². The number of hydrogen-bond acceptors (Lipinski definition) is 4. The van der Waals surface area contributed by atoms with Crippen LogP contribution in [-0.4, -0.2) is 53.1 Å². The molecule has 1 aromatic carbocycles. The van der Waals surface area contributed by atoms with Crippen molar-refractivity contribution in [3.8, 4) is 0 Å². The van der Waals surface area contributed by atoms with E-state index < -0.39 is 30.1 Å². The van der Waals surface area contributed by atoms with E-state index in [4.69, 9.17) is 4.74 Å². The Morgan fingerprint density at radius 2 is 2.09 bits per heavy atom. The zero-order chi connectivity index (χ0) is 16.3. The second-order valence-electron chi connectivity index (χ2n) is 5.43. The molecule has 2 N–H and O–H groups in total. The number of carbonyl (C=O) groups is 1. The van der Waals surface area contributed by atoms with Crippen molar-refractivity contribution in [3.05, 3.63) is 35.4 Å². The molecule has 0 aromatic heterocycles. The van der Waals surface area contributed by atoms with Gasteiger partial charge in [0, 0.05) is 19.9 Å². The summed E-state index contributed by atoms with van der Waals surface area (Å²) in [5.41, 5.74) is 0.515. The van der Waals surface area contributed by atoms with E-state index in [1.165, 1.54) is 18.0 Å². The summed E-state index contributed by atoms with van der Waals surface area (Å²) in [6.07, 6.45) is -2.02. The van der Waals surface area contributed by atoms with Crippen LogP contribution in [0, 0.1) is 11.6 Å². The van der Waals surface area contributed by atoms with Crippen LogP contribution in [-0.2, 0) is 16.0 Å². The van der Waals surface area contributed by atoms with E-state index in [0.717, 1.165) is 12.1 Å². The number of rotatable bonds is 4. The number of aliphatic hydroxyl groups excluding tert-OH is 2. The van der Waals surface area contributed by atoms with E-state index >= 15 is 0 Å². The van der Waals surface area contributed by atoms with E-state index in [1.54, 1.807) is 0 Å². The number of aryl methyl sites for hydroxylation is 1. The minimum absolute atomic E-state index is 0.0581. The maximum absolute atomic E-state index is 13.1. The van der Waals surface area contributed by atoms with Gasteiger partial charge in [-0.05, 0) is 24.1 Å². The third-order valence-corrected chi connectivity index (χ3v) is 3.69. The fourth-order valence-electron chi connectivity index (χ4n) is 2.42. The quantitative estimate of drug-likeness (QED) is 0.863. The molecule has 1 heterocycles. The van der Waals surface area contributed by atoms with Gasteiger partial charge in [-0.3, -0.25) is 4.79 Å². The molecule has 1 aliphatic heterocycles. The Bertz CT molecular complexity index is 540. The number of benzene rings is 1. The lowest BCUT2D eigenvalue weighted by molar-refractivity contribution is -0.185. The van der Waals surface area contributed by atoms with Crippen molar-refractivity contribution in [1.82, 2.24) is 4.90 Å². The highest BCUT2D eigenvalue weighted by Gasteiger charge is 2.33. The summed E-state index contributed by atoms with van der Waals surface area (Å²) in [7, 11) is 1.50. The first-order valence-corrected chi connectivity index (χ1v) is 7.06. The molecule has 0 saturated carbocycles. The fraction of sp³-hybridized carbons (Fsp3) is 0.533. The Balaban J connectivity index is 1.89. The van der Waals surface area contributed by atoms with Gasteiger partial charge < -0.3 is 19.8 Å². The summed E-state index contributed by atoms with van der Waals surface area (Å²) >= 11 is 0. The molecule has 122 valence electrons. The topological polar surface area (TPSA) is 70.0 Å². The lowest BCUT2D eigenvalue weighted by atomic mass is 10.1. The number of amides is 1. The predicted octanol–water partition coefficient (Wildman–Crippen LogP) is 0.824. The largest absolute Gasteiger partial charge is 0.391 e. The first-order chi connectivity index (χ1) is 10.4. The van der Waals surface area contributed by atoms with Gasteiger partial charge in [-0.1, -0.05) is 6.07 Å². The maximum atomic E-state index is 13.1. The number of likely N-dealkylation sites (N-methyl/N-ethyl adjacent to an activating group) is 1. The van der Waals surface area contributed by atoms with Crippen molar-refractivity contribution in [3.63, 3.8) is 0 Å². The van der Waals surface area contributed by atoms with E-state index in [2.05, 4.69) is 0 Å². The monoisotopic (exact) mass is 315 g/mol. The first kappa shape index (κ1) is 16.8. The van der Waals surface area contributed by atoms with Gasteiger partial charge in [0.1, 0.15) is 6.10 Å². The van der Waals surface area contributed by atoms with Crippen molar-refractivity contribution >= 4 is 5.91 Å². The minimum Gasteiger partial charge on any atom is -0.391 e. The van der Waals surface area contributed by atoms with Gasteiger partial charge in [0.05, 0.1) is 12.7 Å². The molecule has 2 rings (SSSR count). The summed E-state index contributed by atoms with van der Waals surface area (Å²) in [6.45, 7) is 0.0581. The number of aliphatic hydroxyl groups is 2. The van der Waals surface area contributed by atoms with Crippen LogP contribution in [0.2, 0.25) is 0 Å². The fourth-order valence-corrected chi connectivity index (χ4v) is 2.42. The van der Waals surface area contributed by atoms with Gasteiger partial charge in [-0.25, -0.2) is 8.78 Å². The molecule has 22 heavy (non-hydrogen) atoms. The Morgan fingerprint density at radius 3 is 2.73 bits per heavy atom. The highest BCUT2D eigenvalue weighted by atomic mass is 19.2. The van der Waals surface area contributed by atoms with Gasteiger partial charge in [0.15, 0.2) is 17.9 Å². The van der Waals surface area contributed by atoms with E-state index in [1.807, 2.05) is 0 Å². The van der Waals surface area contributed by atoms with Crippen molar-refractivity contribution in [2.24, 2.45) is 0 Å². The second-order valence-corrected chi connectivity index (χ2v) is 5.43. The molecule has 1 amide bonds. The third kappa shape index (κ3) is 4.00. The van der Waals surface area contributed by atoms with Gasteiger partial charge in [0.25, 0.3) is 0 Å². The molecule has 1 aliphatic rings. The number of ether oxygens (including phenoxy) is 1. The zero-order valence-corrected chi connectivity index (χ0v) is 12.2. The predicted molar refractivity (Wildman–Crippen MR) is 73.8 cm³/mol. The lowest BCUT2D eigenvalue weighted by Crippen LogP contribution is -2.51. The van der Waals surface area contributed by atoms with Gasteiger partial charge in [-0.2, -0.15) is 0 Å². The van der Waals surface area contributed by atoms with E-state index in [-0.39, 0.29) is 31.8 Å². The Morgan fingerprint density at radius 1 is 1.36 bits per heavy atom. The molecule has 0 bridgehead atoms. The van der Waals surface area contributed by atoms with Crippen molar-refractivity contribution < 1.29 is 28.5 Å².